The van der Waals surface area contributed by atoms with Crippen molar-refractivity contribution in [1.82, 2.24) is 4.98 Å². The number of carbonyl (C=O) groups is 1. The average molecular weight is 262 g/mol. The maximum atomic E-state index is 10.6. The number of aromatic carboxylic acids is 1. The SMILES string of the molecule is O=C(O)c1cc(Oc2nc(Cl)cs2)cs1. The molecule has 78 valence electrons. The second-order valence-corrected chi connectivity index (χ2v) is 4.61. The molecule has 2 rings (SSSR count). The van der Waals surface area contributed by atoms with E-state index in [-0.39, 0.29) is 4.88 Å². The van der Waals surface area contributed by atoms with E-state index >= 15 is 0 Å². The minimum Gasteiger partial charge on any atom is -0.477 e. The highest BCUT2D eigenvalue weighted by Crippen LogP contribution is 2.30. The third-order valence-corrected chi connectivity index (χ3v) is 3.38. The highest BCUT2D eigenvalue weighted by Gasteiger charge is 2.09. The van der Waals surface area contributed by atoms with Crippen molar-refractivity contribution in [3.63, 3.8) is 0 Å². The van der Waals surface area contributed by atoms with Gasteiger partial charge in [0, 0.05) is 16.8 Å². The van der Waals surface area contributed by atoms with Gasteiger partial charge in [-0.05, 0) is 0 Å². The van der Waals surface area contributed by atoms with E-state index in [1.807, 2.05) is 0 Å². The zero-order chi connectivity index (χ0) is 10.8. The molecule has 0 bridgehead atoms. The Bertz CT molecular complexity index is 494. The molecule has 0 radical (unpaired) electrons. The lowest BCUT2D eigenvalue weighted by Crippen LogP contribution is -1.90. The van der Waals surface area contributed by atoms with Crippen LogP contribution in [0, 0.1) is 0 Å². The van der Waals surface area contributed by atoms with Gasteiger partial charge >= 0.3 is 5.97 Å². The average Bonchev–Trinajstić information content (AvgIpc) is 2.76. The Morgan fingerprint density at radius 2 is 2.27 bits per heavy atom. The first kappa shape index (κ1) is 10.4. The van der Waals surface area contributed by atoms with Crippen LogP contribution in [0.2, 0.25) is 5.15 Å². The molecule has 0 aromatic carbocycles. The van der Waals surface area contributed by atoms with Gasteiger partial charge in [-0.25, -0.2) is 4.79 Å². The molecule has 2 aromatic heterocycles. The molecule has 0 unspecified atom stereocenters. The molecular weight excluding hydrogens is 258 g/mol. The molecule has 0 fully saturated rings. The molecule has 7 heteroatoms. The zero-order valence-electron chi connectivity index (χ0n) is 7.14. The molecule has 2 aromatic rings. The molecule has 0 spiro atoms. The maximum Gasteiger partial charge on any atom is 0.346 e. The van der Waals surface area contributed by atoms with Crippen LogP contribution in [-0.4, -0.2) is 16.1 Å². The number of thiazole rings is 1. The summed E-state index contributed by atoms with van der Waals surface area (Å²) in [5.74, 6) is -0.504. The van der Waals surface area contributed by atoms with Crippen LogP contribution in [0.4, 0.5) is 0 Å². The quantitative estimate of drug-likeness (QED) is 0.920. The van der Waals surface area contributed by atoms with E-state index < -0.39 is 5.97 Å². The number of thiophene rings is 1. The van der Waals surface area contributed by atoms with E-state index in [4.69, 9.17) is 21.4 Å². The largest absolute Gasteiger partial charge is 0.477 e. The second kappa shape index (κ2) is 4.18. The van der Waals surface area contributed by atoms with Crippen molar-refractivity contribution in [1.29, 1.82) is 0 Å². The molecule has 0 aliphatic heterocycles. The summed E-state index contributed by atoms with van der Waals surface area (Å²) in [6.45, 7) is 0. The Labute approximate surface area is 97.7 Å². The summed E-state index contributed by atoms with van der Waals surface area (Å²) in [7, 11) is 0. The Morgan fingerprint density at radius 1 is 1.47 bits per heavy atom. The van der Waals surface area contributed by atoms with Crippen molar-refractivity contribution in [2.24, 2.45) is 0 Å². The molecule has 15 heavy (non-hydrogen) atoms. The van der Waals surface area contributed by atoms with Crippen molar-refractivity contribution in [2.45, 2.75) is 0 Å². The molecule has 0 atom stereocenters. The van der Waals surface area contributed by atoms with Gasteiger partial charge in [0.25, 0.3) is 5.19 Å². The standard InChI is InChI=1S/C8H4ClNO3S2/c9-6-3-15-8(10-6)13-4-1-5(7(11)12)14-2-4/h1-3H,(H,11,12). The van der Waals surface area contributed by atoms with Crippen LogP contribution < -0.4 is 4.74 Å². The lowest BCUT2D eigenvalue weighted by molar-refractivity contribution is 0.0702. The first-order valence-electron chi connectivity index (χ1n) is 3.76. The number of carboxylic acid groups (broad SMARTS) is 1. The molecule has 0 amide bonds. The molecule has 1 N–H and O–H groups in total. The molecule has 0 saturated heterocycles. The minimum absolute atomic E-state index is 0.229. The van der Waals surface area contributed by atoms with Crippen LogP contribution in [0.15, 0.2) is 16.8 Å². The molecule has 4 nitrogen and oxygen atoms in total. The van der Waals surface area contributed by atoms with Gasteiger partial charge in [-0.1, -0.05) is 22.9 Å². The molecular formula is C8H4ClNO3S2. The maximum absolute atomic E-state index is 10.6. The van der Waals surface area contributed by atoms with E-state index in [1.54, 1.807) is 10.8 Å². The number of rotatable bonds is 3. The first-order chi connectivity index (χ1) is 7.15. The van der Waals surface area contributed by atoms with Crippen molar-refractivity contribution in [2.75, 3.05) is 0 Å². The number of hydrogen-bond donors (Lipinski definition) is 1. The fourth-order valence-electron chi connectivity index (χ4n) is 0.871. The van der Waals surface area contributed by atoms with Gasteiger partial charge in [-0.15, -0.1) is 11.3 Å². The van der Waals surface area contributed by atoms with Gasteiger partial charge in [-0.3, -0.25) is 0 Å². The van der Waals surface area contributed by atoms with E-state index in [0.29, 0.717) is 16.1 Å². The third-order valence-electron chi connectivity index (χ3n) is 1.45. The zero-order valence-corrected chi connectivity index (χ0v) is 9.53. The van der Waals surface area contributed by atoms with E-state index in [1.165, 1.54) is 17.4 Å². The topological polar surface area (TPSA) is 59.4 Å². The summed E-state index contributed by atoms with van der Waals surface area (Å²) in [5, 5.41) is 12.7. The van der Waals surface area contributed by atoms with Crippen LogP contribution in [-0.2, 0) is 0 Å². The van der Waals surface area contributed by atoms with Crippen LogP contribution in [0.25, 0.3) is 0 Å². The minimum atomic E-state index is -0.966. The van der Waals surface area contributed by atoms with Crippen LogP contribution in [0.1, 0.15) is 9.67 Å². The summed E-state index contributed by atoms with van der Waals surface area (Å²) >= 11 is 7.97. The highest BCUT2D eigenvalue weighted by molar-refractivity contribution is 7.12. The Morgan fingerprint density at radius 3 is 2.80 bits per heavy atom. The summed E-state index contributed by atoms with van der Waals surface area (Å²) in [6, 6.07) is 1.45. The number of ether oxygens (including phenoxy) is 1. The van der Waals surface area contributed by atoms with E-state index in [9.17, 15) is 4.79 Å². The van der Waals surface area contributed by atoms with Crippen molar-refractivity contribution in [3.05, 3.63) is 26.9 Å². The Kier molecular flexibility index (Phi) is 2.90. The molecule has 0 saturated carbocycles. The monoisotopic (exact) mass is 261 g/mol. The van der Waals surface area contributed by atoms with Gasteiger partial charge in [0.05, 0.1) is 0 Å². The van der Waals surface area contributed by atoms with Crippen molar-refractivity contribution in [3.8, 4) is 10.9 Å². The van der Waals surface area contributed by atoms with Gasteiger partial charge in [0.2, 0.25) is 0 Å². The second-order valence-electron chi connectivity index (χ2n) is 2.49. The number of hydrogen-bond acceptors (Lipinski definition) is 5. The summed E-state index contributed by atoms with van der Waals surface area (Å²) < 4.78 is 5.30. The first-order valence-corrected chi connectivity index (χ1v) is 5.89. The van der Waals surface area contributed by atoms with Gasteiger partial charge in [0.1, 0.15) is 15.8 Å². The highest BCUT2D eigenvalue weighted by atomic mass is 35.5. The Balaban J connectivity index is 2.14. The van der Waals surface area contributed by atoms with Crippen LogP contribution >= 0.6 is 34.3 Å². The third kappa shape index (κ3) is 2.47. The molecule has 0 aliphatic carbocycles. The summed E-state index contributed by atoms with van der Waals surface area (Å²) in [6.07, 6.45) is 0. The smallest absolute Gasteiger partial charge is 0.346 e. The Hall–Kier alpha value is -1.11. The number of carboxylic acids is 1. The van der Waals surface area contributed by atoms with Gasteiger partial charge < -0.3 is 9.84 Å². The van der Waals surface area contributed by atoms with Crippen LogP contribution in [0.3, 0.4) is 0 Å². The van der Waals surface area contributed by atoms with E-state index in [2.05, 4.69) is 4.98 Å². The normalized spacial score (nSPS) is 10.2. The predicted molar refractivity (Wildman–Crippen MR) is 58.5 cm³/mol. The fraction of sp³-hybridized carbons (Fsp3) is 0. The van der Waals surface area contributed by atoms with Gasteiger partial charge in [0.15, 0.2) is 0 Å². The van der Waals surface area contributed by atoms with Gasteiger partial charge in [-0.2, -0.15) is 4.98 Å². The predicted octanol–water partition coefficient (Wildman–Crippen LogP) is 3.35. The summed E-state index contributed by atoms with van der Waals surface area (Å²) in [5.41, 5.74) is 0. The summed E-state index contributed by atoms with van der Waals surface area (Å²) in [4.78, 5) is 14.7. The van der Waals surface area contributed by atoms with Crippen molar-refractivity contribution < 1.29 is 14.6 Å². The van der Waals surface area contributed by atoms with Crippen molar-refractivity contribution >= 4 is 40.2 Å². The fourth-order valence-corrected chi connectivity index (χ4v) is 2.32. The number of aromatic nitrogens is 1. The number of nitrogens with zero attached hydrogens (tertiary/aromatic N) is 1. The number of halogens is 1. The lowest BCUT2D eigenvalue weighted by atomic mass is 10.4. The lowest BCUT2D eigenvalue weighted by Gasteiger charge is -1.94. The van der Waals surface area contributed by atoms with E-state index in [0.717, 1.165) is 11.3 Å². The van der Waals surface area contributed by atoms with Crippen LogP contribution in [0.5, 0.6) is 10.9 Å². The molecule has 0 aliphatic rings. The molecule has 2 heterocycles.